The number of carbonyl (C=O) groups excluding carboxylic acids is 2. The molecule has 7 nitrogen and oxygen atoms in total. The molecule has 15 heavy (non-hydrogen) atoms. The number of esters is 2. The largest absolute Gasteiger partial charge is 0.425 e. The lowest BCUT2D eigenvalue weighted by atomic mass is 10.7. The van der Waals surface area contributed by atoms with Gasteiger partial charge in [0.05, 0.1) is 0 Å². The molecule has 0 radical (unpaired) electrons. The lowest BCUT2D eigenvalue weighted by Crippen LogP contribution is -2.08. The fraction of sp³-hybridized carbons (Fsp3) is 0.143. The predicted octanol–water partition coefficient (Wildman–Crippen LogP) is -0.237. The summed E-state index contributed by atoms with van der Waals surface area (Å²) in [5, 5.41) is 0. The highest BCUT2D eigenvalue weighted by molar-refractivity contribution is 7.30. The van der Waals surface area contributed by atoms with Crippen LogP contribution in [-0.4, -0.2) is 28.5 Å². The van der Waals surface area contributed by atoms with E-state index in [1.165, 1.54) is 0 Å². The van der Waals surface area contributed by atoms with Gasteiger partial charge in [-0.3, -0.25) is 4.57 Å². The van der Waals surface area contributed by atoms with E-state index in [1.807, 2.05) is 0 Å². The molecule has 0 saturated carbocycles. The Kier molecular flexibility index (Phi) is 11.4. The van der Waals surface area contributed by atoms with E-state index in [-0.39, 0.29) is 0 Å². The summed E-state index contributed by atoms with van der Waals surface area (Å²) >= 11 is 0. The lowest BCUT2D eigenvalue weighted by molar-refractivity contribution is -0.160. The van der Waals surface area contributed by atoms with E-state index in [4.69, 9.17) is 14.4 Å². The fourth-order valence-corrected chi connectivity index (χ4v) is 0.263. The Bertz CT molecular complexity index is 236. The second-order valence-electron chi connectivity index (χ2n) is 1.74. The van der Waals surface area contributed by atoms with E-state index in [9.17, 15) is 9.59 Å². The molecule has 0 unspecified atom stereocenters. The van der Waals surface area contributed by atoms with Crippen molar-refractivity contribution >= 4 is 20.2 Å². The molecule has 8 heteroatoms. The van der Waals surface area contributed by atoms with Crippen molar-refractivity contribution < 1.29 is 33.4 Å². The summed E-state index contributed by atoms with van der Waals surface area (Å²) in [4.78, 5) is 35.0. The SMILES string of the molecule is C=CC(=O)OCOC(=O)C=C.O=[PH](O)O. The van der Waals surface area contributed by atoms with Gasteiger partial charge in [0.25, 0.3) is 0 Å². The molecule has 0 saturated heterocycles. The summed E-state index contributed by atoms with van der Waals surface area (Å²) in [5.74, 6) is -1.27. The normalized spacial score (nSPS) is 8.20. The van der Waals surface area contributed by atoms with Crippen LogP contribution in [0, 0.1) is 0 Å². The first-order valence-electron chi connectivity index (χ1n) is 3.44. The predicted molar refractivity (Wildman–Crippen MR) is 50.9 cm³/mol. The minimum absolute atomic E-state index is 0.407. The molecule has 0 aromatic heterocycles. The van der Waals surface area contributed by atoms with Crippen molar-refractivity contribution in [2.75, 3.05) is 6.79 Å². The highest BCUT2D eigenvalue weighted by Crippen LogP contribution is 1.98. The van der Waals surface area contributed by atoms with Gasteiger partial charge < -0.3 is 19.3 Å². The van der Waals surface area contributed by atoms with Crippen molar-refractivity contribution in [1.29, 1.82) is 0 Å². The van der Waals surface area contributed by atoms with Crippen LogP contribution in [0.5, 0.6) is 0 Å². The number of rotatable bonds is 4. The van der Waals surface area contributed by atoms with Crippen LogP contribution in [0.1, 0.15) is 0 Å². The molecule has 0 aliphatic rings. The minimum atomic E-state index is -3.13. The fourth-order valence-electron chi connectivity index (χ4n) is 0.263. The van der Waals surface area contributed by atoms with Gasteiger partial charge in [-0.25, -0.2) is 9.59 Å². The van der Waals surface area contributed by atoms with Crippen LogP contribution >= 0.6 is 8.25 Å². The molecule has 2 N–H and O–H groups in total. The van der Waals surface area contributed by atoms with Crippen LogP contribution in [0.4, 0.5) is 0 Å². The maximum absolute atomic E-state index is 10.3. The van der Waals surface area contributed by atoms with Crippen LogP contribution < -0.4 is 0 Å². The Morgan fingerprint density at radius 2 is 1.40 bits per heavy atom. The summed E-state index contributed by atoms with van der Waals surface area (Å²) in [6.45, 7) is 5.88. The summed E-state index contributed by atoms with van der Waals surface area (Å²) in [6.07, 6.45) is 1.95. The maximum Gasteiger partial charge on any atom is 0.333 e. The van der Waals surface area contributed by atoms with E-state index in [1.54, 1.807) is 0 Å². The number of hydrogen-bond donors (Lipinski definition) is 2. The minimum Gasteiger partial charge on any atom is -0.425 e. The first kappa shape index (κ1) is 16.0. The summed E-state index contributed by atoms with van der Waals surface area (Å²) in [7, 11) is -3.13. The second-order valence-corrected chi connectivity index (χ2v) is 2.30. The van der Waals surface area contributed by atoms with Crippen LogP contribution in [0.3, 0.4) is 0 Å². The van der Waals surface area contributed by atoms with E-state index < -0.39 is 27.0 Å². The average Bonchev–Trinajstić information content (AvgIpc) is 2.16. The van der Waals surface area contributed by atoms with Gasteiger partial charge in [0.2, 0.25) is 6.79 Å². The Hall–Kier alpha value is -1.43. The van der Waals surface area contributed by atoms with Crippen LogP contribution in [0.25, 0.3) is 0 Å². The van der Waals surface area contributed by atoms with Crippen molar-refractivity contribution in [3.63, 3.8) is 0 Å². The van der Waals surface area contributed by atoms with Gasteiger partial charge in [0.1, 0.15) is 0 Å². The van der Waals surface area contributed by atoms with Gasteiger partial charge in [-0.05, 0) is 0 Å². The van der Waals surface area contributed by atoms with Crippen molar-refractivity contribution in [2.45, 2.75) is 0 Å². The van der Waals surface area contributed by atoms with Crippen molar-refractivity contribution in [2.24, 2.45) is 0 Å². The van der Waals surface area contributed by atoms with Crippen molar-refractivity contribution in [3.05, 3.63) is 25.3 Å². The van der Waals surface area contributed by atoms with E-state index in [0.29, 0.717) is 0 Å². The third-order valence-corrected chi connectivity index (χ3v) is 0.736. The lowest BCUT2D eigenvalue weighted by Gasteiger charge is -2.00. The van der Waals surface area contributed by atoms with Gasteiger partial charge >= 0.3 is 20.2 Å². The maximum atomic E-state index is 10.3. The van der Waals surface area contributed by atoms with Gasteiger partial charge in [0, 0.05) is 12.2 Å². The van der Waals surface area contributed by atoms with Crippen LogP contribution in [-0.2, 0) is 23.6 Å². The molecular formula is C7H11O7P. The molecule has 0 fully saturated rings. The standard InChI is InChI=1S/C7H8O4.H3O3P/c1-3-6(8)10-5-11-7(9)4-2;1-4(2)3/h3-4H,1-2,5H2;4H,(H2,1,2,3). The summed E-state index contributed by atoms with van der Waals surface area (Å²) in [6, 6.07) is 0. The topological polar surface area (TPSA) is 110 Å². The summed E-state index contributed by atoms with van der Waals surface area (Å²) < 4.78 is 17.4. The second kappa shape index (κ2) is 10.6. The Balaban J connectivity index is 0. The zero-order chi connectivity index (χ0) is 12.3. The molecule has 0 spiro atoms. The molecule has 0 heterocycles. The van der Waals surface area contributed by atoms with Gasteiger partial charge in [-0.2, -0.15) is 0 Å². The molecule has 0 aliphatic carbocycles. The molecule has 0 aromatic carbocycles. The van der Waals surface area contributed by atoms with Crippen molar-refractivity contribution in [3.8, 4) is 0 Å². The molecule has 0 aromatic rings. The molecule has 86 valence electrons. The number of carbonyl (C=O) groups is 2. The van der Waals surface area contributed by atoms with Crippen LogP contribution in [0.15, 0.2) is 25.3 Å². The van der Waals surface area contributed by atoms with Crippen molar-refractivity contribution in [1.82, 2.24) is 0 Å². The monoisotopic (exact) mass is 238 g/mol. The first-order chi connectivity index (χ1) is 6.93. The molecule has 0 aliphatic heterocycles. The number of ether oxygens (including phenoxy) is 2. The van der Waals surface area contributed by atoms with Gasteiger partial charge in [-0.1, -0.05) is 13.2 Å². The zero-order valence-electron chi connectivity index (χ0n) is 7.71. The zero-order valence-corrected chi connectivity index (χ0v) is 8.71. The molecule has 0 rings (SSSR count). The van der Waals surface area contributed by atoms with E-state index in [0.717, 1.165) is 12.2 Å². The van der Waals surface area contributed by atoms with Crippen LogP contribution in [0.2, 0.25) is 0 Å². The van der Waals surface area contributed by atoms with Gasteiger partial charge in [-0.15, -0.1) is 0 Å². The molecule has 0 amide bonds. The highest BCUT2D eigenvalue weighted by atomic mass is 31.1. The first-order valence-corrected chi connectivity index (χ1v) is 4.74. The molecule has 0 atom stereocenters. The Morgan fingerprint density at radius 1 is 1.13 bits per heavy atom. The average molecular weight is 238 g/mol. The Morgan fingerprint density at radius 3 is 1.60 bits per heavy atom. The third kappa shape index (κ3) is 19.1. The van der Waals surface area contributed by atoms with Gasteiger partial charge in [0.15, 0.2) is 0 Å². The van der Waals surface area contributed by atoms with E-state index >= 15 is 0 Å². The third-order valence-electron chi connectivity index (χ3n) is 0.736. The molecule has 0 bridgehead atoms. The molecular weight excluding hydrogens is 227 g/mol. The van der Waals surface area contributed by atoms with E-state index in [2.05, 4.69) is 22.6 Å². The Labute approximate surface area is 86.6 Å². The quantitative estimate of drug-likeness (QED) is 0.301. The summed E-state index contributed by atoms with van der Waals surface area (Å²) in [5.41, 5.74) is 0. The number of hydrogen-bond acceptors (Lipinski definition) is 5. The smallest absolute Gasteiger partial charge is 0.333 e. The highest BCUT2D eigenvalue weighted by Gasteiger charge is 1.97.